The highest BCUT2D eigenvalue weighted by Crippen LogP contribution is 2.33. The number of halogens is 1. The Hall–Kier alpha value is -1.40. The molecule has 1 fully saturated rings. The maximum Gasteiger partial charge on any atom is 0.134 e. The van der Waals surface area contributed by atoms with Crippen molar-refractivity contribution in [2.45, 2.75) is 18.9 Å². The zero-order valence-electron chi connectivity index (χ0n) is 8.29. The van der Waals surface area contributed by atoms with Gasteiger partial charge in [-0.15, -0.1) is 0 Å². The molecule has 0 aromatic heterocycles. The van der Waals surface area contributed by atoms with E-state index in [-0.39, 0.29) is 23.0 Å². The number of hydrogen-bond donors (Lipinski definition) is 3. The Balaban J connectivity index is 2.48. The first-order valence-electron chi connectivity index (χ1n) is 4.84. The molecule has 86 valence electrons. The van der Waals surface area contributed by atoms with E-state index in [1.54, 1.807) is 0 Å². The van der Waals surface area contributed by atoms with Gasteiger partial charge in [-0.2, -0.15) is 0 Å². The van der Waals surface area contributed by atoms with Gasteiger partial charge in [0.1, 0.15) is 5.82 Å². The van der Waals surface area contributed by atoms with Gasteiger partial charge in [-0.3, -0.25) is 10.7 Å². The van der Waals surface area contributed by atoms with E-state index in [1.165, 1.54) is 6.07 Å². The third-order valence-electron chi connectivity index (χ3n) is 2.40. The van der Waals surface area contributed by atoms with Crippen LogP contribution in [0.4, 0.5) is 15.8 Å². The van der Waals surface area contributed by atoms with Gasteiger partial charge in [0.15, 0.2) is 0 Å². The molecule has 0 radical (unpaired) electrons. The Morgan fingerprint density at radius 2 is 2.19 bits per heavy atom. The molecule has 1 aliphatic rings. The summed E-state index contributed by atoms with van der Waals surface area (Å²) in [6.07, 6.45) is 1.93. The van der Waals surface area contributed by atoms with Gasteiger partial charge in [0.25, 0.3) is 0 Å². The van der Waals surface area contributed by atoms with E-state index in [2.05, 4.69) is 17.9 Å². The van der Waals surface area contributed by atoms with Crippen molar-refractivity contribution in [3.8, 4) is 0 Å². The second-order valence-corrected chi connectivity index (χ2v) is 4.03. The van der Waals surface area contributed by atoms with Gasteiger partial charge in [-0.1, -0.05) is 0 Å². The Morgan fingerprint density at radius 3 is 2.69 bits per heavy atom. The topological polar surface area (TPSA) is 61.4 Å². The maximum absolute atomic E-state index is 13.5. The molecule has 6 heteroatoms. The summed E-state index contributed by atoms with van der Waals surface area (Å²) >= 11 is 4.47. The second-order valence-electron chi connectivity index (χ2n) is 3.66. The van der Waals surface area contributed by atoms with E-state index in [4.69, 9.17) is 5.21 Å². The van der Waals surface area contributed by atoms with Crippen molar-refractivity contribution in [3.05, 3.63) is 23.5 Å². The Morgan fingerprint density at radius 1 is 1.50 bits per heavy atom. The third kappa shape index (κ3) is 2.07. The molecule has 3 N–H and O–H groups in total. The number of nitrogens with one attached hydrogen (secondary N) is 2. The molecule has 16 heavy (non-hydrogen) atoms. The van der Waals surface area contributed by atoms with Crippen LogP contribution in [0.5, 0.6) is 0 Å². The van der Waals surface area contributed by atoms with E-state index in [0.717, 1.165) is 18.9 Å². The molecule has 0 bridgehead atoms. The van der Waals surface area contributed by atoms with Crippen molar-refractivity contribution < 1.29 is 14.4 Å². The summed E-state index contributed by atoms with van der Waals surface area (Å²) in [5.41, 5.74) is 2.22. The van der Waals surface area contributed by atoms with Crippen LogP contribution in [0.1, 0.15) is 23.2 Å². The molecule has 2 rings (SSSR count). The zero-order valence-corrected chi connectivity index (χ0v) is 9.10. The lowest BCUT2D eigenvalue weighted by molar-refractivity contribution is 0.108. The van der Waals surface area contributed by atoms with Crippen LogP contribution in [0.3, 0.4) is 0 Å². The van der Waals surface area contributed by atoms with Crippen molar-refractivity contribution in [1.82, 2.24) is 0 Å². The second kappa shape index (κ2) is 4.23. The quantitative estimate of drug-likeness (QED) is 0.555. The van der Waals surface area contributed by atoms with Crippen molar-refractivity contribution >= 4 is 29.1 Å². The number of anilines is 2. The van der Waals surface area contributed by atoms with Crippen LogP contribution in [0.2, 0.25) is 0 Å². The fourth-order valence-electron chi connectivity index (χ4n) is 1.45. The number of benzene rings is 1. The fraction of sp³-hybridized carbons (Fsp3) is 0.300. The summed E-state index contributed by atoms with van der Waals surface area (Å²) in [5, 5.41) is 11.1. The molecular formula is C10H10FN2O2S-. The molecule has 1 saturated carbocycles. The first kappa shape index (κ1) is 11.1. The van der Waals surface area contributed by atoms with E-state index in [9.17, 15) is 9.18 Å². The highest BCUT2D eigenvalue weighted by molar-refractivity contribution is 7.77. The van der Waals surface area contributed by atoms with E-state index < -0.39 is 10.9 Å². The summed E-state index contributed by atoms with van der Waals surface area (Å²) < 4.78 is 13.5. The maximum atomic E-state index is 13.5. The van der Waals surface area contributed by atoms with E-state index >= 15 is 0 Å². The SMILES string of the molecule is O=C([S-])c1c(F)ccc(NO)c1NC1CC1. The van der Waals surface area contributed by atoms with Gasteiger partial charge in [-0.25, -0.2) is 4.39 Å². The molecule has 4 nitrogen and oxygen atoms in total. The molecule has 0 atom stereocenters. The molecule has 1 aromatic carbocycles. The summed E-state index contributed by atoms with van der Waals surface area (Å²) in [4.78, 5) is 11.2. The van der Waals surface area contributed by atoms with E-state index in [1.807, 2.05) is 5.48 Å². The monoisotopic (exact) mass is 241 g/mol. The molecule has 0 aliphatic heterocycles. The van der Waals surface area contributed by atoms with Gasteiger partial charge in [0.2, 0.25) is 0 Å². The number of carbonyl (C=O) groups excluding carboxylic acids is 1. The van der Waals surface area contributed by atoms with Gasteiger partial charge >= 0.3 is 0 Å². The average Bonchev–Trinajstić information content (AvgIpc) is 3.01. The molecule has 0 saturated heterocycles. The van der Waals surface area contributed by atoms with Crippen molar-refractivity contribution in [3.63, 3.8) is 0 Å². The Labute approximate surface area is 97.2 Å². The minimum atomic E-state index is -0.780. The largest absolute Gasteiger partial charge is 0.737 e. The Bertz CT molecular complexity index is 435. The minimum Gasteiger partial charge on any atom is -0.737 e. The lowest BCUT2D eigenvalue weighted by Gasteiger charge is -2.17. The smallest absolute Gasteiger partial charge is 0.134 e. The zero-order chi connectivity index (χ0) is 11.7. The van der Waals surface area contributed by atoms with Crippen molar-refractivity contribution in [2.75, 3.05) is 10.8 Å². The third-order valence-corrected chi connectivity index (χ3v) is 2.61. The highest BCUT2D eigenvalue weighted by atomic mass is 32.1. The predicted octanol–water partition coefficient (Wildman–Crippen LogP) is 1.89. The van der Waals surface area contributed by atoms with Crippen LogP contribution in [-0.4, -0.2) is 16.4 Å². The molecule has 0 amide bonds. The Kier molecular flexibility index (Phi) is 2.93. The molecule has 0 spiro atoms. The molecular weight excluding hydrogens is 231 g/mol. The summed E-state index contributed by atoms with van der Waals surface area (Å²) in [6.45, 7) is 0. The normalized spacial score (nSPS) is 14.6. The summed E-state index contributed by atoms with van der Waals surface area (Å²) in [6, 6.07) is 2.67. The van der Waals surface area contributed by atoms with Gasteiger partial charge in [0.05, 0.1) is 16.9 Å². The number of rotatable bonds is 4. The lowest BCUT2D eigenvalue weighted by atomic mass is 10.1. The molecule has 1 aliphatic carbocycles. The summed E-state index contributed by atoms with van der Waals surface area (Å²) in [5.74, 6) is -0.679. The van der Waals surface area contributed by atoms with Crippen LogP contribution in [0.15, 0.2) is 12.1 Å². The van der Waals surface area contributed by atoms with Crippen molar-refractivity contribution in [1.29, 1.82) is 0 Å². The fourth-order valence-corrected chi connectivity index (χ4v) is 1.65. The number of hydrogen-bond acceptors (Lipinski definition) is 5. The van der Waals surface area contributed by atoms with Crippen LogP contribution in [-0.2, 0) is 12.6 Å². The average molecular weight is 241 g/mol. The van der Waals surface area contributed by atoms with Crippen LogP contribution in [0, 0.1) is 5.82 Å². The molecule has 0 heterocycles. The first-order chi connectivity index (χ1) is 7.63. The molecule has 0 unspecified atom stereocenters. The van der Waals surface area contributed by atoms with Gasteiger partial charge in [-0.05, 0) is 25.0 Å². The van der Waals surface area contributed by atoms with E-state index in [0.29, 0.717) is 0 Å². The van der Waals surface area contributed by atoms with Gasteiger partial charge in [0, 0.05) is 11.2 Å². The van der Waals surface area contributed by atoms with Crippen LogP contribution < -0.4 is 10.8 Å². The predicted molar refractivity (Wildman–Crippen MR) is 60.1 cm³/mol. The minimum absolute atomic E-state index is 0.194. The molecule has 1 aromatic rings. The van der Waals surface area contributed by atoms with Crippen LogP contribution >= 0.6 is 0 Å². The van der Waals surface area contributed by atoms with Crippen LogP contribution in [0.25, 0.3) is 0 Å². The standard InChI is InChI=1S/C10H11FN2O2S/c11-6-3-4-7(13-15)9(8(6)10(14)16)12-5-1-2-5/h3-5,12-13,15H,1-2H2,(H,14,16)/p-1. The highest BCUT2D eigenvalue weighted by Gasteiger charge is 2.24. The first-order valence-corrected chi connectivity index (χ1v) is 5.24. The van der Waals surface area contributed by atoms with Crippen molar-refractivity contribution in [2.24, 2.45) is 0 Å². The lowest BCUT2D eigenvalue weighted by Crippen LogP contribution is -2.11. The van der Waals surface area contributed by atoms with Gasteiger partial charge < -0.3 is 22.7 Å². The summed E-state index contributed by atoms with van der Waals surface area (Å²) in [7, 11) is 0. The number of carbonyl (C=O) groups is 1.